The van der Waals surface area contributed by atoms with Crippen molar-refractivity contribution in [2.24, 2.45) is 0 Å². The van der Waals surface area contributed by atoms with Gasteiger partial charge in [0.25, 0.3) is 0 Å². The lowest BCUT2D eigenvalue weighted by Gasteiger charge is -2.26. The van der Waals surface area contributed by atoms with Crippen molar-refractivity contribution in [1.82, 2.24) is 9.13 Å². The van der Waals surface area contributed by atoms with Crippen LogP contribution in [0.1, 0.15) is 19.3 Å². The van der Waals surface area contributed by atoms with Crippen molar-refractivity contribution in [3.63, 3.8) is 0 Å². The number of benzene rings is 10. The molecule has 0 amide bonds. The number of nitriles is 1. The lowest BCUT2D eigenvalue weighted by Crippen LogP contribution is -2.09. The Morgan fingerprint density at radius 2 is 0.971 bits per heavy atom. The number of aromatic nitrogens is 2. The molecule has 0 saturated heterocycles. The van der Waals surface area contributed by atoms with E-state index in [9.17, 15) is 20.1 Å². The largest absolute Gasteiger partial charge is 0.316 e. The summed E-state index contributed by atoms with van der Waals surface area (Å²) in [5, 5.41) is 18.9. The summed E-state index contributed by atoms with van der Waals surface area (Å²) >= 11 is 3.07. The standard InChI is InChI=1S/C62H34N4S2/c1-64-56-54(38-19-7-3-8-20-38)49(36-63)57(65-50-26-14-11-23-41(50)42-30-29-40(35-51(42)65)37-17-5-2-6-18-37)55(39-21-9-4-10-22-39)60(56)66-58-45(31-33-47-43-24-12-15-27-52(43)67-61(47)58)46-32-34-48-44-25-13-16-28-53(44)68-62(48)59(46)66/h2-35H/i3D,4D,7D,8D,9D,10D,19D,20D,21D,22D. The highest BCUT2D eigenvalue weighted by atomic mass is 32.1. The van der Waals surface area contributed by atoms with Crippen molar-refractivity contribution in [3.8, 4) is 50.8 Å². The third kappa shape index (κ3) is 5.39. The number of rotatable bonds is 5. The van der Waals surface area contributed by atoms with Gasteiger partial charge >= 0.3 is 0 Å². The fourth-order valence-corrected chi connectivity index (χ4v) is 12.9. The van der Waals surface area contributed by atoms with Crippen LogP contribution < -0.4 is 0 Å². The first kappa shape index (κ1) is 29.7. The number of thiophene rings is 2. The molecule has 0 unspecified atom stereocenters. The molecular formula is C62H34N4S2. The lowest BCUT2D eigenvalue weighted by atomic mass is 9.88. The van der Waals surface area contributed by atoms with Crippen molar-refractivity contribution in [1.29, 1.82) is 5.26 Å². The van der Waals surface area contributed by atoms with Crippen LogP contribution in [0.2, 0.25) is 0 Å². The summed E-state index contributed by atoms with van der Waals surface area (Å²) in [4.78, 5) is 4.33. The molecule has 68 heavy (non-hydrogen) atoms. The lowest BCUT2D eigenvalue weighted by molar-refractivity contribution is 1.14. The Balaban J connectivity index is 1.36. The predicted molar refractivity (Wildman–Crippen MR) is 288 cm³/mol. The topological polar surface area (TPSA) is 38.0 Å². The van der Waals surface area contributed by atoms with Gasteiger partial charge in [-0.3, -0.25) is 0 Å². The van der Waals surface area contributed by atoms with E-state index in [2.05, 4.69) is 23.0 Å². The number of nitrogens with zero attached hydrogens (tertiary/aromatic N) is 4. The Morgan fingerprint density at radius 1 is 0.456 bits per heavy atom. The van der Waals surface area contributed by atoms with Crippen molar-refractivity contribution in [2.75, 3.05) is 0 Å². The average molecular weight is 909 g/mol. The van der Waals surface area contributed by atoms with Gasteiger partial charge in [-0.1, -0.05) is 182 Å². The molecule has 0 bridgehead atoms. The molecule has 0 atom stereocenters. The molecule has 14 aromatic rings. The average Bonchev–Trinajstić information content (AvgIpc) is 4.04. The predicted octanol–water partition coefficient (Wildman–Crippen LogP) is 18.0. The minimum Gasteiger partial charge on any atom is -0.316 e. The summed E-state index contributed by atoms with van der Waals surface area (Å²) in [6.45, 7) is 9.52. The maximum Gasteiger partial charge on any atom is 0.220 e. The van der Waals surface area contributed by atoms with Crippen molar-refractivity contribution < 1.29 is 13.7 Å². The fourth-order valence-electron chi connectivity index (χ4n) is 10.4. The minimum atomic E-state index is -0.691. The van der Waals surface area contributed by atoms with Crippen molar-refractivity contribution in [3.05, 3.63) is 223 Å². The normalized spacial score (nSPS) is 13.9. The van der Waals surface area contributed by atoms with Gasteiger partial charge in [0.05, 0.1) is 68.7 Å². The monoisotopic (exact) mass is 908 g/mol. The first-order valence-electron chi connectivity index (χ1n) is 26.8. The number of para-hydroxylation sites is 1. The van der Waals surface area contributed by atoms with Crippen LogP contribution in [0.5, 0.6) is 0 Å². The molecule has 0 N–H and O–H groups in total. The van der Waals surface area contributed by atoms with E-state index in [0.717, 1.165) is 73.0 Å². The van der Waals surface area contributed by atoms with Gasteiger partial charge in [0, 0.05) is 63.6 Å². The number of hydrogen-bond acceptors (Lipinski definition) is 3. The molecule has 0 spiro atoms. The molecule has 4 nitrogen and oxygen atoms in total. The Kier molecular flexibility index (Phi) is 6.49. The molecule has 0 fully saturated rings. The van der Waals surface area contributed by atoms with Crippen LogP contribution in [-0.2, 0) is 0 Å². The third-order valence-electron chi connectivity index (χ3n) is 13.2. The Hall–Kier alpha value is -8.78. The summed E-state index contributed by atoms with van der Waals surface area (Å²) < 4.78 is 101. The summed E-state index contributed by atoms with van der Waals surface area (Å²) in [5.74, 6) is 0. The highest BCUT2D eigenvalue weighted by molar-refractivity contribution is 7.27. The van der Waals surface area contributed by atoms with E-state index in [4.69, 9.17) is 5.48 Å². The smallest absolute Gasteiger partial charge is 0.220 e. The van der Waals surface area contributed by atoms with Crippen LogP contribution in [-0.4, -0.2) is 9.13 Å². The Bertz CT molecular complexity index is 4950. The zero-order valence-electron chi connectivity index (χ0n) is 45.5. The van der Waals surface area contributed by atoms with Gasteiger partial charge < -0.3 is 9.13 Å². The Morgan fingerprint density at radius 3 is 1.57 bits per heavy atom. The summed E-state index contributed by atoms with van der Waals surface area (Å²) in [6, 6.07) is 43.2. The highest BCUT2D eigenvalue weighted by Crippen LogP contribution is 2.55. The molecule has 14 rings (SSSR count). The molecule has 0 aliphatic carbocycles. The van der Waals surface area contributed by atoms with Crippen LogP contribution in [0.3, 0.4) is 0 Å². The van der Waals surface area contributed by atoms with Gasteiger partial charge in [-0.2, -0.15) is 5.26 Å². The van der Waals surface area contributed by atoms with Crippen LogP contribution in [0.25, 0.3) is 134 Å². The molecule has 10 aromatic carbocycles. The van der Waals surface area contributed by atoms with Crippen LogP contribution >= 0.6 is 22.7 Å². The second-order valence-electron chi connectivity index (χ2n) is 16.6. The van der Waals surface area contributed by atoms with Gasteiger partial charge in [-0.25, -0.2) is 4.85 Å². The number of hydrogen-bond donors (Lipinski definition) is 0. The zero-order valence-corrected chi connectivity index (χ0v) is 37.1. The fraction of sp³-hybridized carbons (Fsp3) is 0. The van der Waals surface area contributed by atoms with Crippen LogP contribution in [0.4, 0.5) is 5.69 Å². The van der Waals surface area contributed by atoms with Crippen molar-refractivity contribution in [2.45, 2.75) is 0 Å². The molecular weight excluding hydrogens is 865 g/mol. The molecule has 4 heterocycles. The minimum absolute atomic E-state index is 0.0144. The van der Waals surface area contributed by atoms with Crippen molar-refractivity contribution >= 4 is 112 Å². The van der Waals surface area contributed by atoms with E-state index in [1.807, 2.05) is 143 Å². The summed E-state index contributed by atoms with van der Waals surface area (Å²) in [7, 11) is 0. The van der Waals surface area contributed by atoms with Gasteiger partial charge in [0.2, 0.25) is 5.69 Å². The highest BCUT2D eigenvalue weighted by Gasteiger charge is 2.33. The van der Waals surface area contributed by atoms with Gasteiger partial charge in [0.15, 0.2) is 0 Å². The molecule has 6 heteroatoms. The van der Waals surface area contributed by atoms with E-state index in [1.54, 1.807) is 0 Å². The second-order valence-corrected chi connectivity index (χ2v) is 18.7. The van der Waals surface area contributed by atoms with Gasteiger partial charge in [0.1, 0.15) is 6.07 Å². The maximum atomic E-state index is 12.2. The first-order chi connectivity index (χ1) is 37.8. The Labute approximate surface area is 412 Å². The van der Waals surface area contributed by atoms with E-state index >= 15 is 0 Å². The molecule has 4 aromatic heterocycles. The summed E-state index contributed by atoms with van der Waals surface area (Å²) in [6.07, 6.45) is 0. The quantitative estimate of drug-likeness (QED) is 0.159. The molecule has 0 saturated carbocycles. The first-order valence-corrected chi connectivity index (χ1v) is 23.4. The zero-order chi connectivity index (χ0) is 53.7. The van der Waals surface area contributed by atoms with E-state index in [0.29, 0.717) is 22.1 Å². The van der Waals surface area contributed by atoms with E-state index < -0.39 is 66.0 Å². The molecule has 314 valence electrons. The summed E-state index contributed by atoms with van der Waals surface area (Å²) in [5.41, 5.74) is 2.19. The van der Waals surface area contributed by atoms with Crippen LogP contribution in [0.15, 0.2) is 206 Å². The van der Waals surface area contributed by atoms with Gasteiger partial charge in [-0.15, -0.1) is 22.7 Å². The maximum absolute atomic E-state index is 12.2. The molecule has 0 radical (unpaired) electrons. The second kappa shape index (κ2) is 14.9. The SMILES string of the molecule is [2H]c1c([2H])c([2H])c(-c2c(C#N)c(-n3c4ccccc4c4ccc(-c5ccccc5)cc43)c(-c3c([2H])c([2H])c([2H])c([2H])c3[2H])c(-n3c4c(ccc5c6ccccc6sc54)c4ccc5c6ccccc6sc5c43)c2[N+]#[C-])c([2H])c1[2H]. The molecule has 0 aliphatic heterocycles. The van der Waals surface area contributed by atoms with Gasteiger partial charge in [-0.05, 0) is 46.5 Å². The molecule has 0 aliphatic rings. The van der Waals surface area contributed by atoms with Crippen LogP contribution in [0, 0.1) is 17.9 Å². The third-order valence-corrected chi connectivity index (χ3v) is 15.5. The van der Waals surface area contributed by atoms with E-state index in [-0.39, 0.29) is 39.3 Å². The number of fused-ring (bicyclic) bond motifs is 14. The van der Waals surface area contributed by atoms with E-state index in [1.165, 1.54) is 22.7 Å².